The predicted octanol–water partition coefficient (Wildman–Crippen LogP) is 2.95. The zero-order chi connectivity index (χ0) is 15.5. The van der Waals surface area contributed by atoms with E-state index in [-0.39, 0.29) is 10.8 Å². The summed E-state index contributed by atoms with van der Waals surface area (Å²) in [6.45, 7) is 3.97. The number of methoxy groups -OCH3 is 1. The number of hydrogen-bond acceptors (Lipinski definition) is 3. The Morgan fingerprint density at radius 3 is 3.05 bits per heavy atom. The quantitative estimate of drug-likeness (QED) is 0.866. The predicted molar refractivity (Wildman–Crippen MR) is 83.1 cm³/mol. The molecule has 0 saturated heterocycles. The average Bonchev–Trinajstić information content (AvgIpc) is 2.83. The minimum Gasteiger partial charge on any atom is -0.384 e. The number of nitrogens with zero attached hydrogens (tertiary/aromatic N) is 3. The molecule has 0 bridgehead atoms. The molecule has 4 nitrogen and oxygen atoms in total. The summed E-state index contributed by atoms with van der Waals surface area (Å²) < 4.78 is 21.1. The molecule has 1 aromatic carbocycles. The van der Waals surface area contributed by atoms with Gasteiger partial charge in [0, 0.05) is 45.4 Å². The molecule has 0 saturated carbocycles. The van der Waals surface area contributed by atoms with Crippen LogP contribution in [-0.2, 0) is 24.4 Å². The lowest BCUT2D eigenvalue weighted by atomic mass is 10.1. The lowest BCUT2D eigenvalue weighted by Crippen LogP contribution is -2.29. The van der Waals surface area contributed by atoms with Crippen LogP contribution in [0.25, 0.3) is 0 Å². The second-order valence-corrected chi connectivity index (χ2v) is 6.18. The van der Waals surface area contributed by atoms with Gasteiger partial charge in [-0.1, -0.05) is 17.7 Å². The van der Waals surface area contributed by atoms with E-state index in [2.05, 4.69) is 14.5 Å². The van der Waals surface area contributed by atoms with Gasteiger partial charge in [-0.3, -0.25) is 4.90 Å². The highest BCUT2D eigenvalue weighted by Crippen LogP contribution is 2.21. The molecule has 118 valence electrons. The Labute approximate surface area is 134 Å². The molecule has 1 atom stereocenters. The second-order valence-electron chi connectivity index (χ2n) is 5.78. The molecule has 2 heterocycles. The maximum absolute atomic E-state index is 13.6. The monoisotopic (exact) mass is 323 g/mol. The highest BCUT2D eigenvalue weighted by atomic mass is 35.5. The van der Waals surface area contributed by atoms with Crippen LogP contribution < -0.4 is 0 Å². The van der Waals surface area contributed by atoms with Gasteiger partial charge in [0.25, 0.3) is 0 Å². The normalized spacial score (nSPS) is 19.0. The van der Waals surface area contributed by atoms with Crippen LogP contribution in [0.3, 0.4) is 0 Å². The summed E-state index contributed by atoms with van der Waals surface area (Å²) in [7, 11) is 1.72. The summed E-state index contributed by atoms with van der Waals surface area (Å²) in [4.78, 5) is 6.52. The Morgan fingerprint density at radius 2 is 2.27 bits per heavy atom. The number of rotatable bonds is 4. The van der Waals surface area contributed by atoms with Gasteiger partial charge in [0.1, 0.15) is 5.82 Å². The van der Waals surface area contributed by atoms with Gasteiger partial charge in [0.15, 0.2) is 0 Å². The van der Waals surface area contributed by atoms with Crippen LogP contribution >= 0.6 is 11.6 Å². The number of halogens is 2. The summed E-state index contributed by atoms with van der Waals surface area (Å²) >= 11 is 5.75. The van der Waals surface area contributed by atoms with E-state index in [1.54, 1.807) is 13.2 Å². The number of aromatic nitrogens is 2. The Morgan fingerprint density at radius 1 is 1.41 bits per heavy atom. The van der Waals surface area contributed by atoms with E-state index in [1.807, 2.05) is 18.6 Å². The van der Waals surface area contributed by atoms with Gasteiger partial charge < -0.3 is 9.30 Å². The maximum Gasteiger partial charge on any atom is 0.142 e. The van der Waals surface area contributed by atoms with Gasteiger partial charge in [-0.15, -0.1) is 0 Å². The van der Waals surface area contributed by atoms with Crippen molar-refractivity contribution in [1.29, 1.82) is 0 Å². The highest BCUT2D eigenvalue weighted by Gasteiger charge is 2.22. The molecular weight excluding hydrogens is 305 g/mol. The lowest BCUT2D eigenvalue weighted by Gasteiger charge is -2.23. The lowest BCUT2D eigenvalue weighted by molar-refractivity contribution is 0.115. The van der Waals surface area contributed by atoms with Gasteiger partial charge in [0.2, 0.25) is 0 Å². The van der Waals surface area contributed by atoms with Crippen molar-refractivity contribution in [3.63, 3.8) is 0 Å². The van der Waals surface area contributed by atoms with Gasteiger partial charge >= 0.3 is 0 Å². The third-order valence-electron chi connectivity index (χ3n) is 3.95. The van der Waals surface area contributed by atoms with Gasteiger partial charge in [-0.05, 0) is 17.7 Å². The van der Waals surface area contributed by atoms with Crippen molar-refractivity contribution in [2.24, 2.45) is 5.92 Å². The molecule has 0 radical (unpaired) electrons. The summed E-state index contributed by atoms with van der Waals surface area (Å²) in [5, 5.41) is 0.162. The van der Waals surface area contributed by atoms with Crippen LogP contribution in [0.5, 0.6) is 0 Å². The van der Waals surface area contributed by atoms with Gasteiger partial charge in [0.05, 0.1) is 23.7 Å². The number of hydrogen-bond donors (Lipinski definition) is 0. The van der Waals surface area contributed by atoms with Crippen molar-refractivity contribution >= 4 is 11.6 Å². The summed E-state index contributed by atoms with van der Waals surface area (Å²) in [5.41, 5.74) is 2.10. The molecule has 0 N–H and O–H groups in total. The Balaban J connectivity index is 1.78. The molecule has 1 aliphatic heterocycles. The van der Waals surface area contributed by atoms with Crippen LogP contribution in [0.2, 0.25) is 5.02 Å². The number of ether oxygens (including phenoxy) is 1. The van der Waals surface area contributed by atoms with Crippen LogP contribution in [0, 0.1) is 11.7 Å². The van der Waals surface area contributed by atoms with E-state index in [1.165, 1.54) is 11.8 Å². The van der Waals surface area contributed by atoms with E-state index in [4.69, 9.17) is 16.3 Å². The molecular formula is C16H19ClFN3O. The van der Waals surface area contributed by atoms with E-state index in [0.717, 1.165) is 25.2 Å². The molecule has 0 amide bonds. The zero-order valence-corrected chi connectivity index (χ0v) is 13.3. The molecule has 0 unspecified atom stereocenters. The topological polar surface area (TPSA) is 30.3 Å². The molecule has 1 aliphatic rings. The summed E-state index contributed by atoms with van der Waals surface area (Å²) in [5.74, 6) is 0.0186. The van der Waals surface area contributed by atoms with E-state index >= 15 is 0 Å². The summed E-state index contributed by atoms with van der Waals surface area (Å²) in [6, 6.07) is 5.00. The molecule has 0 spiro atoms. The first kappa shape index (κ1) is 15.5. The third kappa shape index (κ3) is 3.48. The van der Waals surface area contributed by atoms with Crippen LogP contribution in [0.15, 0.2) is 30.7 Å². The fraction of sp³-hybridized carbons (Fsp3) is 0.438. The van der Waals surface area contributed by atoms with Crippen molar-refractivity contribution in [2.45, 2.75) is 19.6 Å². The standard InChI is InChI=1S/C16H19ClFN3O/c1-22-10-13-7-20(9-14-5-19-11-21(14)8-13)6-12-2-3-15(17)16(18)4-12/h2-5,11,13H,6-10H2,1H3/t13-/m0/s1. The molecule has 3 rings (SSSR count). The first-order valence-corrected chi connectivity index (χ1v) is 7.67. The van der Waals surface area contributed by atoms with E-state index in [0.29, 0.717) is 19.1 Å². The Bertz CT molecular complexity index is 646. The minimum absolute atomic E-state index is 0.162. The van der Waals surface area contributed by atoms with Gasteiger partial charge in [-0.2, -0.15) is 0 Å². The number of imidazole rings is 1. The maximum atomic E-state index is 13.6. The third-order valence-corrected chi connectivity index (χ3v) is 4.25. The molecule has 22 heavy (non-hydrogen) atoms. The van der Waals surface area contributed by atoms with Gasteiger partial charge in [-0.25, -0.2) is 9.37 Å². The Hall–Kier alpha value is -1.43. The number of fused-ring (bicyclic) bond motifs is 1. The van der Waals surface area contributed by atoms with Crippen LogP contribution in [0.4, 0.5) is 4.39 Å². The van der Waals surface area contributed by atoms with E-state index in [9.17, 15) is 4.39 Å². The molecule has 6 heteroatoms. The molecule has 0 fully saturated rings. The SMILES string of the molecule is COC[C@H]1CN(Cc2ccc(Cl)c(F)c2)Cc2cncn2C1. The molecule has 0 aliphatic carbocycles. The van der Waals surface area contributed by atoms with Crippen molar-refractivity contribution < 1.29 is 9.13 Å². The average molecular weight is 324 g/mol. The second kappa shape index (κ2) is 6.77. The van der Waals surface area contributed by atoms with Crippen molar-refractivity contribution in [1.82, 2.24) is 14.5 Å². The van der Waals surface area contributed by atoms with Crippen molar-refractivity contribution in [3.05, 3.63) is 52.8 Å². The van der Waals surface area contributed by atoms with E-state index < -0.39 is 0 Å². The van der Waals surface area contributed by atoms with Crippen LogP contribution in [0.1, 0.15) is 11.3 Å². The minimum atomic E-state index is -0.368. The van der Waals surface area contributed by atoms with Crippen LogP contribution in [-0.4, -0.2) is 34.7 Å². The largest absolute Gasteiger partial charge is 0.384 e. The smallest absolute Gasteiger partial charge is 0.142 e. The first-order chi connectivity index (χ1) is 10.7. The first-order valence-electron chi connectivity index (χ1n) is 7.30. The fourth-order valence-electron chi connectivity index (χ4n) is 3.00. The Kier molecular flexibility index (Phi) is 4.76. The van der Waals surface area contributed by atoms with Crippen molar-refractivity contribution in [2.75, 3.05) is 20.3 Å². The fourth-order valence-corrected chi connectivity index (χ4v) is 3.11. The summed E-state index contributed by atoms with van der Waals surface area (Å²) in [6.07, 6.45) is 3.76. The molecule has 1 aromatic heterocycles. The van der Waals surface area contributed by atoms with Crippen molar-refractivity contribution in [3.8, 4) is 0 Å². The molecule has 2 aromatic rings. The highest BCUT2D eigenvalue weighted by molar-refractivity contribution is 6.30. The zero-order valence-electron chi connectivity index (χ0n) is 12.5. The number of benzene rings is 1.